The average Bonchev–Trinajstić information content (AvgIpc) is 3.18. The lowest BCUT2D eigenvalue weighted by molar-refractivity contribution is -0.137. The van der Waals surface area contributed by atoms with Crippen LogP contribution < -0.4 is 5.32 Å². The maximum atomic E-state index is 12.8. The van der Waals surface area contributed by atoms with Gasteiger partial charge in [0.2, 0.25) is 10.0 Å². The average molecular weight is 484 g/mol. The number of aryl methyl sites for hydroxylation is 1. The third kappa shape index (κ3) is 5.14. The van der Waals surface area contributed by atoms with E-state index in [4.69, 9.17) is 0 Å². The molecule has 0 amide bonds. The van der Waals surface area contributed by atoms with E-state index in [1.54, 1.807) is 36.3 Å². The molecule has 0 radical (unpaired) electrons. The summed E-state index contributed by atoms with van der Waals surface area (Å²) in [6, 6.07) is 9.30. The summed E-state index contributed by atoms with van der Waals surface area (Å²) in [5.74, 6) is 0. The molecule has 172 valence electrons. The second kappa shape index (κ2) is 9.21. The van der Waals surface area contributed by atoms with Crippen molar-refractivity contribution >= 4 is 25.0 Å². The minimum atomic E-state index is -4.40. The highest BCUT2D eigenvalue weighted by Gasteiger charge is 2.30. The van der Waals surface area contributed by atoms with Gasteiger partial charge in [0.05, 0.1) is 22.5 Å². The summed E-state index contributed by atoms with van der Waals surface area (Å²) in [5.41, 5.74) is 1.70. The van der Waals surface area contributed by atoms with Crippen LogP contribution in [0.2, 0.25) is 0 Å². The van der Waals surface area contributed by atoms with Crippen LogP contribution >= 0.6 is 9.24 Å². The smallest absolute Gasteiger partial charge is 0.378 e. The van der Waals surface area contributed by atoms with E-state index in [0.29, 0.717) is 22.5 Å². The highest BCUT2D eigenvalue weighted by molar-refractivity contribution is 7.89. The number of alkyl halides is 3. The molecule has 0 bridgehead atoms. The molecule has 0 saturated carbocycles. The third-order valence-electron chi connectivity index (χ3n) is 5.05. The molecule has 11 heteroatoms. The monoisotopic (exact) mass is 484 g/mol. The van der Waals surface area contributed by atoms with Crippen molar-refractivity contribution in [2.75, 3.05) is 18.7 Å². The predicted octanol–water partition coefficient (Wildman–Crippen LogP) is 4.73. The molecule has 0 saturated heterocycles. The van der Waals surface area contributed by atoms with E-state index in [0.717, 1.165) is 12.1 Å². The van der Waals surface area contributed by atoms with Crippen molar-refractivity contribution in [1.29, 1.82) is 0 Å². The molecule has 0 fully saturated rings. The lowest BCUT2D eigenvalue weighted by Crippen LogP contribution is -2.25. The largest absolute Gasteiger partial charge is 0.416 e. The van der Waals surface area contributed by atoms with E-state index >= 15 is 0 Å². The van der Waals surface area contributed by atoms with Crippen molar-refractivity contribution in [2.24, 2.45) is 7.05 Å². The first kappa shape index (κ1) is 24.2. The van der Waals surface area contributed by atoms with Gasteiger partial charge in [0.15, 0.2) is 0 Å². The molecule has 0 spiro atoms. The van der Waals surface area contributed by atoms with Crippen LogP contribution in [0, 0.1) is 0 Å². The normalized spacial score (nSPS) is 13.4. The van der Waals surface area contributed by atoms with E-state index < -0.39 is 21.8 Å². The molecule has 1 N–H and O–H groups in total. The van der Waals surface area contributed by atoms with Gasteiger partial charge in [-0.2, -0.15) is 17.5 Å². The van der Waals surface area contributed by atoms with Gasteiger partial charge in [-0.3, -0.25) is 0 Å². The number of imidazole rings is 1. The number of halogens is 3. The number of sulfonamides is 1. The molecule has 1 unspecified atom stereocenters. The summed E-state index contributed by atoms with van der Waals surface area (Å²) in [4.78, 5) is 4.46. The number of aromatic nitrogens is 2. The molecular weight excluding hydrogens is 460 g/mol. The number of rotatable bonds is 7. The fourth-order valence-corrected chi connectivity index (χ4v) is 4.78. The second-order valence-corrected chi connectivity index (χ2v) is 9.81. The highest BCUT2D eigenvalue weighted by atomic mass is 32.2. The van der Waals surface area contributed by atoms with Gasteiger partial charge in [-0.1, -0.05) is 12.1 Å². The third-order valence-corrected chi connectivity index (χ3v) is 7.68. The first-order valence-electron chi connectivity index (χ1n) is 9.66. The fourth-order valence-electron chi connectivity index (χ4n) is 3.13. The zero-order valence-corrected chi connectivity index (χ0v) is 19.7. The van der Waals surface area contributed by atoms with Crippen LogP contribution in [-0.2, 0) is 23.2 Å². The minimum absolute atomic E-state index is 0.121. The maximum absolute atomic E-state index is 12.8. The Morgan fingerprint density at radius 3 is 2.38 bits per heavy atom. The summed E-state index contributed by atoms with van der Waals surface area (Å²) in [5, 5.41) is 3.27. The second-order valence-electron chi connectivity index (χ2n) is 7.40. The number of hydrogen-bond donors (Lipinski definition) is 1. The van der Waals surface area contributed by atoms with E-state index in [1.165, 1.54) is 29.6 Å². The molecule has 0 aliphatic heterocycles. The highest BCUT2D eigenvalue weighted by Crippen LogP contribution is 2.34. The zero-order chi connectivity index (χ0) is 23.7. The van der Waals surface area contributed by atoms with Crippen molar-refractivity contribution in [3.05, 3.63) is 66.1 Å². The SMILES string of the molecule is C[C@@H](Nc1ccc(S(=O)(=O)N(C)CP)cc1-c1cn(C)cn1)c1ccc(C(F)(F)F)cc1. The zero-order valence-electron chi connectivity index (χ0n) is 17.8. The molecule has 32 heavy (non-hydrogen) atoms. The Bertz CT molecular complexity index is 1190. The molecule has 2 atom stereocenters. The predicted molar refractivity (Wildman–Crippen MR) is 122 cm³/mol. The van der Waals surface area contributed by atoms with Gasteiger partial charge in [0.1, 0.15) is 0 Å². The van der Waals surface area contributed by atoms with Gasteiger partial charge in [-0.05, 0) is 42.8 Å². The van der Waals surface area contributed by atoms with Gasteiger partial charge < -0.3 is 9.88 Å². The van der Waals surface area contributed by atoms with Gasteiger partial charge in [0.25, 0.3) is 0 Å². The lowest BCUT2D eigenvalue weighted by Gasteiger charge is -2.20. The number of benzene rings is 2. The van der Waals surface area contributed by atoms with Gasteiger partial charge in [-0.25, -0.2) is 13.4 Å². The number of hydrogen-bond acceptors (Lipinski definition) is 4. The van der Waals surface area contributed by atoms with Crippen molar-refractivity contribution in [3.63, 3.8) is 0 Å². The molecule has 3 rings (SSSR count). The Morgan fingerprint density at radius 1 is 1.19 bits per heavy atom. The van der Waals surface area contributed by atoms with E-state index in [1.807, 2.05) is 6.92 Å². The molecular formula is C21H24F3N4O2PS. The van der Waals surface area contributed by atoms with Crippen LogP contribution in [0.3, 0.4) is 0 Å². The Balaban J connectivity index is 1.98. The van der Waals surface area contributed by atoms with Crippen LogP contribution in [-0.4, -0.2) is 35.6 Å². The molecule has 6 nitrogen and oxygen atoms in total. The summed E-state index contributed by atoms with van der Waals surface area (Å²) in [6.45, 7) is 1.82. The van der Waals surface area contributed by atoms with Crippen LogP contribution in [0.5, 0.6) is 0 Å². The van der Waals surface area contributed by atoms with Crippen LogP contribution in [0.1, 0.15) is 24.1 Å². The standard InChI is InChI=1S/C21H24F3N4O2PS/c1-14(15-4-6-16(7-5-15)21(22,23)24)26-19-9-8-17(32(29,30)28(3)13-31)10-18(19)20-11-27(2)12-25-20/h4-12,14,26H,13,31H2,1-3H3/t14-/m1/s1. The first-order valence-corrected chi connectivity index (χ1v) is 11.9. The van der Waals surface area contributed by atoms with Gasteiger partial charge >= 0.3 is 6.18 Å². The molecule has 3 aromatic rings. The number of nitrogens with zero attached hydrogens (tertiary/aromatic N) is 3. The molecule has 1 heterocycles. The summed E-state index contributed by atoms with van der Waals surface area (Å²) in [7, 11) is 1.98. The van der Waals surface area contributed by atoms with Crippen LogP contribution in [0.25, 0.3) is 11.3 Å². The van der Waals surface area contributed by atoms with Crippen LogP contribution in [0.4, 0.5) is 18.9 Å². The summed E-state index contributed by atoms with van der Waals surface area (Å²) >= 11 is 0. The maximum Gasteiger partial charge on any atom is 0.416 e. The van der Waals surface area contributed by atoms with E-state index in [9.17, 15) is 21.6 Å². The molecule has 2 aromatic carbocycles. The Morgan fingerprint density at radius 2 is 1.84 bits per heavy atom. The number of anilines is 1. The van der Waals surface area contributed by atoms with Crippen molar-refractivity contribution in [2.45, 2.75) is 24.0 Å². The van der Waals surface area contributed by atoms with Gasteiger partial charge in [0, 0.05) is 43.9 Å². The minimum Gasteiger partial charge on any atom is -0.378 e. The first-order chi connectivity index (χ1) is 14.9. The summed E-state index contributed by atoms with van der Waals surface area (Å²) < 4.78 is 67.1. The van der Waals surface area contributed by atoms with Crippen molar-refractivity contribution < 1.29 is 21.6 Å². The number of nitrogens with one attached hydrogen (secondary N) is 1. The lowest BCUT2D eigenvalue weighted by atomic mass is 10.0. The van der Waals surface area contributed by atoms with Crippen molar-refractivity contribution in [3.8, 4) is 11.3 Å². The Hall–Kier alpha value is -2.42. The molecule has 0 aliphatic rings. The van der Waals surface area contributed by atoms with E-state index in [-0.39, 0.29) is 17.2 Å². The van der Waals surface area contributed by atoms with Crippen LogP contribution in [0.15, 0.2) is 59.9 Å². The van der Waals surface area contributed by atoms with Gasteiger partial charge in [-0.15, -0.1) is 9.24 Å². The van der Waals surface area contributed by atoms with E-state index in [2.05, 4.69) is 19.5 Å². The molecule has 1 aromatic heterocycles. The summed E-state index contributed by atoms with van der Waals surface area (Å²) in [6.07, 6.45) is -0.785. The Labute approximate surface area is 187 Å². The molecule has 0 aliphatic carbocycles. The quantitative estimate of drug-likeness (QED) is 0.493. The Kier molecular flexibility index (Phi) is 6.97. The fraction of sp³-hybridized carbons (Fsp3) is 0.286. The van der Waals surface area contributed by atoms with Crippen molar-refractivity contribution in [1.82, 2.24) is 13.9 Å². The topological polar surface area (TPSA) is 67.2 Å².